The third-order valence-corrected chi connectivity index (χ3v) is 3.63. The van der Waals surface area contributed by atoms with Crippen molar-refractivity contribution in [2.45, 2.75) is 25.5 Å². The van der Waals surface area contributed by atoms with E-state index in [0.29, 0.717) is 29.3 Å². The van der Waals surface area contributed by atoms with Gasteiger partial charge in [0.05, 0.1) is 23.8 Å². The number of carbonyl (C=O) groups excluding carboxylic acids is 1. The number of rotatable bonds is 6. The highest BCUT2D eigenvalue weighted by Gasteiger charge is 2.17. The molecule has 8 nitrogen and oxygen atoms in total. The number of hydrogen-bond donors (Lipinski definition) is 4. The van der Waals surface area contributed by atoms with Crippen molar-refractivity contribution in [1.29, 1.82) is 0 Å². The van der Waals surface area contributed by atoms with Crippen molar-refractivity contribution in [3.05, 3.63) is 54.7 Å². The van der Waals surface area contributed by atoms with Gasteiger partial charge in [0.15, 0.2) is 0 Å². The number of hydrogen-bond acceptors (Lipinski definition) is 5. The van der Waals surface area contributed by atoms with Crippen LogP contribution >= 0.6 is 0 Å². The van der Waals surface area contributed by atoms with Crippen molar-refractivity contribution in [3.8, 4) is 11.4 Å². The van der Waals surface area contributed by atoms with Crippen LogP contribution in [0.15, 0.2) is 53.4 Å². The van der Waals surface area contributed by atoms with Crippen molar-refractivity contribution in [2.75, 3.05) is 5.32 Å². The predicted octanol–water partition coefficient (Wildman–Crippen LogP) is 2.70. The lowest BCUT2D eigenvalue weighted by atomic mass is 10.1. The highest BCUT2D eigenvalue weighted by atomic mass is 16.4. The molecule has 2 unspecified atom stereocenters. The standard InChI is InChI=1S/C17H19N5O3/c1-11(9-14(23)15-6-4-8-25-15)20-17(24)21-13-10-19-22-16(13)12-5-2-3-7-18-12/h2-8,10-11,14,23H,9H2,1H3,(H,19,22)(H2,20,21,24). The third kappa shape index (κ3) is 4.24. The summed E-state index contributed by atoms with van der Waals surface area (Å²) in [5.41, 5.74) is 1.82. The first-order valence-corrected chi connectivity index (χ1v) is 7.87. The Morgan fingerprint density at radius 1 is 1.36 bits per heavy atom. The number of H-pyrrole nitrogens is 1. The second-order valence-corrected chi connectivity index (χ2v) is 5.64. The molecule has 3 aromatic heterocycles. The van der Waals surface area contributed by atoms with Gasteiger partial charge in [-0.2, -0.15) is 5.10 Å². The number of anilines is 1. The lowest BCUT2D eigenvalue weighted by Gasteiger charge is -2.17. The Labute approximate surface area is 144 Å². The third-order valence-electron chi connectivity index (χ3n) is 3.63. The van der Waals surface area contributed by atoms with Gasteiger partial charge in [-0.1, -0.05) is 6.07 Å². The van der Waals surface area contributed by atoms with E-state index in [1.54, 1.807) is 25.3 Å². The van der Waals surface area contributed by atoms with Crippen LogP contribution in [0.5, 0.6) is 0 Å². The van der Waals surface area contributed by atoms with E-state index >= 15 is 0 Å². The number of aliphatic hydroxyl groups is 1. The molecule has 3 rings (SSSR count). The van der Waals surface area contributed by atoms with Crippen LogP contribution in [0.4, 0.5) is 10.5 Å². The van der Waals surface area contributed by atoms with Crippen LogP contribution in [0, 0.1) is 0 Å². The number of urea groups is 1. The van der Waals surface area contributed by atoms with Crippen LogP contribution in [-0.2, 0) is 0 Å². The lowest BCUT2D eigenvalue weighted by Crippen LogP contribution is -2.37. The summed E-state index contributed by atoms with van der Waals surface area (Å²) in [7, 11) is 0. The van der Waals surface area contributed by atoms with Gasteiger partial charge < -0.3 is 20.2 Å². The van der Waals surface area contributed by atoms with Crippen molar-refractivity contribution >= 4 is 11.7 Å². The summed E-state index contributed by atoms with van der Waals surface area (Å²) in [5, 5.41) is 22.3. The Morgan fingerprint density at radius 2 is 2.24 bits per heavy atom. The number of amides is 2. The number of pyridine rings is 1. The van der Waals surface area contributed by atoms with E-state index in [9.17, 15) is 9.90 Å². The zero-order chi connectivity index (χ0) is 17.6. The van der Waals surface area contributed by atoms with Gasteiger partial charge in [-0.3, -0.25) is 10.1 Å². The molecular weight excluding hydrogens is 322 g/mol. The van der Waals surface area contributed by atoms with Gasteiger partial charge >= 0.3 is 6.03 Å². The molecule has 0 aliphatic carbocycles. The molecule has 0 aromatic carbocycles. The van der Waals surface area contributed by atoms with Crippen LogP contribution < -0.4 is 10.6 Å². The number of nitrogens with zero attached hydrogens (tertiary/aromatic N) is 2. The molecule has 0 aliphatic rings. The van der Waals surface area contributed by atoms with E-state index in [-0.39, 0.29) is 6.04 Å². The molecule has 8 heteroatoms. The predicted molar refractivity (Wildman–Crippen MR) is 91.7 cm³/mol. The summed E-state index contributed by atoms with van der Waals surface area (Å²) in [6.07, 6.45) is 4.24. The maximum absolute atomic E-state index is 12.2. The number of nitrogens with one attached hydrogen (secondary N) is 3. The van der Waals surface area contributed by atoms with E-state index in [1.807, 2.05) is 18.2 Å². The molecule has 0 aliphatic heterocycles. The topological polar surface area (TPSA) is 116 Å². The van der Waals surface area contributed by atoms with Gasteiger partial charge in [0.25, 0.3) is 0 Å². The second kappa shape index (κ2) is 7.63. The van der Waals surface area contributed by atoms with Crippen LogP contribution in [-0.4, -0.2) is 32.4 Å². The van der Waals surface area contributed by atoms with Gasteiger partial charge in [0.1, 0.15) is 17.6 Å². The molecule has 3 heterocycles. The molecule has 2 atom stereocenters. The minimum absolute atomic E-state index is 0.259. The molecule has 130 valence electrons. The van der Waals surface area contributed by atoms with E-state index in [2.05, 4.69) is 25.8 Å². The normalized spacial score (nSPS) is 13.2. The number of carbonyl (C=O) groups is 1. The summed E-state index contributed by atoms with van der Waals surface area (Å²) in [6.45, 7) is 1.81. The average molecular weight is 341 g/mol. The number of aliphatic hydroxyl groups excluding tert-OH is 1. The average Bonchev–Trinajstić information content (AvgIpc) is 3.27. The molecule has 0 saturated heterocycles. The largest absolute Gasteiger partial charge is 0.467 e. The maximum atomic E-state index is 12.2. The minimum Gasteiger partial charge on any atom is -0.467 e. The Morgan fingerprint density at radius 3 is 2.96 bits per heavy atom. The van der Waals surface area contributed by atoms with Gasteiger partial charge in [-0.25, -0.2) is 4.79 Å². The van der Waals surface area contributed by atoms with Crippen molar-refractivity contribution in [1.82, 2.24) is 20.5 Å². The number of furan rings is 1. The van der Waals surface area contributed by atoms with Gasteiger partial charge in [-0.15, -0.1) is 0 Å². The van der Waals surface area contributed by atoms with E-state index in [0.717, 1.165) is 0 Å². The molecule has 4 N–H and O–H groups in total. The Bertz CT molecular complexity index is 801. The number of aromatic nitrogens is 3. The molecule has 0 bridgehead atoms. The first kappa shape index (κ1) is 16.7. The fourth-order valence-electron chi connectivity index (χ4n) is 2.46. The maximum Gasteiger partial charge on any atom is 0.319 e. The summed E-state index contributed by atoms with van der Waals surface area (Å²) < 4.78 is 5.15. The Balaban J connectivity index is 1.57. The van der Waals surface area contributed by atoms with E-state index in [1.165, 1.54) is 12.5 Å². The first-order valence-electron chi connectivity index (χ1n) is 7.87. The zero-order valence-electron chi connectivity index (χ0n) is 13.6. The zero-order valence-corrected chi connectivity index (χ0v) is 13.6. The molecule has 2 amide bonds. The van der Waals surface area contributed by atoms with E-state index in [4.69, 9.17) is 4.42 Å². The Kier molecular flexibility index (Phi) is 5.10. The molecule has 0 saturated carbocycles. The van der Waals surface area contributed by atoms with Crippen LogP contribution in [0.3, 0.4) is 0 Å². The quantitative estimate of drug-likeness (QED) is 0.550. The van der Waals surface area contributed by atoms with Crippen LogP contribution in [0.2, 0.25) is 0 Å². The van der Waals surface area contributed by atoms with Crippen LogP contribution in [0.25, 0.3) is 11.4 Å². The highest BCUT2D eigenvalue weighted by Crippen LogP contribution is 2.23. The molecule has 0 spiro atoms. The lowest BCUT2D eigenvalue weighted by molar-refractivity contribution is 0.130. The first-order chi connectivity index (χ1) is 12.1. The SMILES string of the molecule is CC(CC(O)c1ccco1)NC(=O)Nc1cn[nH]c1-c1ccccn1. The highest BCUT2D eigenvalue weighted by molar-refractivity contribution is 5.93. The van der Waals surface area contributed by atoms with E-state index < -0.39 is 12.1 Å². The van der Waals surface area contributed by atoms with Gasteiger partial charge in [-0.05, 0) is 31.2 Å². The molecule has 0 fully saturated rings. The molecule has 3 aromatic rings. The summed E-state index contributed by atoms with van der Waals surface area (Å²) >= 11 is 0. The molecule has 0 radical (unpaired) electrons. The Hall–Kier alpha value is -3.13. The van der Waals surface area contributed by atoms with Crippen molar-refractivity contribution in [2.24, 2.45) is 0 Å². The fourth-order valence-corrected chi connectivity index (χ4v) is 2.46. The summed E-state index contributed by atoms with van der Waals surface area (Å²) in [5.74, 6) is 0.473. The van der Waals surface area contributed by atoms with Gasteiger partial charge in [0.2, 0.25) is 0 Å². The number of aromatic amines is 1. The monoisotopic (exact) mass is 341 g/mol. The molecular formula is C17H19N5O3. The summed E-state index contributed by atoms with van der Waals surface area (Å²) in [4.78, 5) is 16.4. The van der Waals surface area contributed by atoms with Crippen molar-refractivity contribution in [3.63, 3.8) is 0 Å². The smallest absolute Gasteiger partial charge is 0.319 e. The second-order valence-electron chi connectivity index (χ2n) is 5.64. The molecule has 25 heavy (non-hydrogen) atoms. The van der Waals surface area contributed by atoms with Crippen molar-refractivity contribution < 1.29 is 14.3 Å². The van der Waals surface area contributed by atoms with Crippen LogP contribution in [0.1, 0.15) is 25.2 Å². The minimum atomic E-state index is -0.775. The summed E-state index contributed by atoms with van der Waals surface area (Å²) in [6, 6.07) is 8.24. The van der Waals surface area contributed by atoms with Gasteiger partial charge in [0, 0.05) is 18.7 Å². The fraction of sp³-hybridized carbons (Fsp3) is 0.235.